The van der Waals surface area contributed by atoms with Crippen molar-refractivity contribution in [1.29, 1.82) is 0 Å². The lowest BCUT2D eigenvalue weighted by molar-refractivity contribution is -0.658. The topological polar surface area (TPSA) is 225 Å². The third-order valence-corrected chi connectivity index (χ3v) is 16.9. The molecule has 18 heteroatoms. The Morgan fingerprint density at radius 1 is 0.785 bits per heavy atom. The van der Waals surface area contributed by atoms with Crippen LogP contribution in [0, 0.1) is 29.6 Å². The maximum absolute atomic E-state index is 12.5. The van der Waals surface area contributed by atoms with Crippen molar-refractivity contribution in [3.05, 3.63) is 0 Å². The van der Waals surface area contributed by atoms with Crippen molar-refractivity contribution < 1.29 is 87.7 Å². The highest BCUT2D eigenvalue weighted by atomic mass is 16.7. The fraction of sp³-hybridized carbons (Fsp3) is 0.979. The summed E-state index contributed by atoms with van der Waals surface area (Å²) >= 11 is 0. The van der Waals surface area contributed by atoms with E-state index in [2.05, 4.69) is 31.5 Å². The van der Waals surface area contributed by atoms with Crippen LogP contribution in [0.4, 0.5) is 0 Å². The van der Waals surface area contributed by atoms with Gasteiger partial charge in [-0.15, -0.1) is 0 Å². The normalized spacial score (nSPS) is 53.4. The molecule has 0 saturated carbocycles. The van der Waals surface area contributed by atoms with E-state index in [-0.39, 0.29) is 60.8 Å². The maximum Gasteiger partial charge on any atom is 0.371 e. The van der Waals surface area contributed by atoms with E-state index in [0.29, 0.717) is 38.5 Å². The van der Waals surface area contributed by atoms with Gasteiger partial charge < -0.3 is 72.2 Å². The van der Waals surface area contributed by atoms with Crippen molar-refractivity contribution >= 4 is 5.97 Å². The van der Waals surface area contributed by atoms with Crippen molar-refractivity contribution in [1.82, 2.24) is 0 Å². The van der Waals surface area contributed by atoms with Crippen molar-refractivity contribution in [2.45, 2.75) is 234 Å². The SMILES string of the molecule is CO[C@@H]1[C@@H](OC)[C@H](C)[C@@](O)(CC(=O)O[NH3+])O[C@H]1[C@H](C)[C@H]1O[C@@]2(CC[C@@](C)([C@H]3CC[C@@](C)([C@@H]4O[C@@H]([C@H]5O[C@](C)(O)[C@H](C)C[C@@H]5C)C[C@@H]4O[C@@H]4C[C@H](OC)[C@@H](OC)[C@H](C)O4)O3)O2)C[C@H](O)[C@H]1C. The first-order chi connectivity index (χ1) is 30.5. The molecule has 0 radical (unpaired) electrons. The van der Waals surface area contributed by atoms with Crippen LogP contribution in [-0.4, -0.2) is 164 Å². The fourth-order valence-corrected chi connectivity index (χ4v) is 12.7. The quantitative estimate of drug-likeness (QED) is 0.195. The van der Waals surface area contributed by atoms with Crippen LogP contribution >= 0.6 is 0 Å². The maximum atomic E-state index is 12.5. The second kappa shape index (κ2) is 19.6. The second-order valence-corrected chi connectivity index (χ2v) is 21.4. The van der Waals surface area contributed by atoms with Crippen LogP contribution in [0.3, 0.4) is 0 Å². The van der Waals surface area contributed by atoms with Crippen LogP contribution in [0.25, 0.3) is 0 Å². The van der Waals surface area contributed by atoms with Crippen molar-refractivity contribution in [2.24, 2.45) is 29.6 Å². The molecular weight excluding hydrogens is 851 g/mol. The number of ether oxygens (including phenoxy) is 12. The Morgan fingerprint density at radius 3 is 2.12 bits per heavy atom. The predicted molar refractivity (Wildman–Crippen MR) is 229 cm³/mol. The van der Waals surface area contributed by atoms with Gasteiger partial charge in [-0.3, -0.25) is 4.84 Å². The molecule has 24 atom stereocenters. The zero-order valence-electron chi connectivity index (χ0n) is 41.1. The molecule has 1 spiro atoms. The summed E-state index contributed by atoms with van der Waals surface area (Å²) in [5.74, 6) is -3.29. The molecule has 0 aromatic rings. The highest BCUT2D eigenvalue weighted by Gasteiger charge is 2.64. The lowest BCUT2D eigenvalue weighted by Crippen LogP contribution is -2.66. The first-order valence-electron chi connectivity index (χ1n) is 24.1. The number of carbonyl (C=O) groups is 1. The molecule has 0 aromatic carbocycles. The Balaban J connectivity index is 1.09. The minimum Gasteiger partial charge on any atom is -0.393 e. The molecule has 6 N–H and O–H groups in total. The van der Waals surface area contributed by atoms with Gasteiger partial charge in [0.2, 0.25) is 0 Å². The number of hydrogen-bond acceptors (Lipinski definition) is 17. The van der Waals surface area contributed by atoms with E-state index in [1.54, 1.807) is 35.2 Å². The van der Waals surface area contributed by atoms with E-state index in [1.165, 1.54) is 7.11 Å². The lowest BCUT2D eigenvalue weighted by atomic mass is 9.75. The monoisotopic (exact) mass is 933 g/mol. The van der Waals surface area contributed by atoms with Crippen molar-refractivity contribution in [2.75, 3.05) is 28.4 Å². The molecule has 0 unspecified atom stereocenters. The van der Waals surface area contributed by atoms with E-state index >= 15 is 0 Å². The summed E-state index contributed by atoms with van der Waals surface area (Å²) in [6, 6.07) is 0. The van der Waals surface area contributed by atoms with Crippen LogP contribution < -0.4 is 5.90 Å². The fourth-order valence-electron chi connectivity index (χ4n) is 12.7. The molecular formula is C47H82NO17+. The summed E-state index contributed by atoms with van der Waals surface area (Å²) in [6.45, 7) is 17.6. The third kappa shape index (κ3) is 9.82. The van der Waals surface area contributed by atoms with Gasteiger partial charge in [-0.25, -0.2) is 4.79 Å². The summed E-state index contributed by atoms with van der Waals surface area (Å²) in [4.78, 5) is 17.1. The van der Waals surface area contributed by atoms with E-state index in [4.69, 9.17) is 56.8 Å². The average Bonchev–Trinajstić information content (AvgIpc) is 3.97. The predicted octanol–water partition coefficient (Wildman–Crippen LogP) is 2.93. The molecule has 0 aromatic heterocycles. The zero-order valence-corrected chi connectivity index (χ0v) is 41.1. The largest absolute Gasteiger partial charge is 0.393 e. The number of aliphatic hydroxyl groups excluding tert-OH is 1. The Kier molecular flexibility index (Phi) is 15.5. The Bertz CT molecular complexity index is 1630. The summed E-state index contributed by atoms with van der Waals surface area (Å²) < 4.78 is 77.9. The lowest BCUT2D eigenvalue weighted by Gasteiger charge is -2.53. The first kappa shape index (κ1) is 51.7. The standard InChI is InChI=1S/C47H82NO17/c1-23-18-24(2)45(9,51)61-36(23)31-19-32(58-35-20-30(53-10)40(55-12)28(6)57-35)42(59-31)44(8)15-14-33(60-44)43(7)16-17-46(65-43)21-29(49)25(3)37(62-46)26(4)38-41(56-13)39(54-11)27(5)47(52,63-38)22-34(50)64-48/h23-33,35-42,49,51-52H,14-22H2,1-13,48H3/q+1/t23-,24+,25+,26+,27-,28-,29-,30-,31+,32-,33+,35+,36-,37-,38-,39-,40-,41-,42+,43-,44-,45-,46+,47+/m0/s1. The molecule has 7 fully saturated rings. The summed E-state index contributed by atoms with van der Waals surface area (Å²) in [7, 11) is 6.42. The molecule has 7 aliphatic rings. The number of carbonyl (C=O) groups excluding carboxylic acids is 1. The van der Waals surface area contributed by atoms with Crippen LogP contribution in [0.2, 0.25) is 0 Å². The van der Waals surface area contributed by atoms with E-state index in [9.17, 15) is 20.1 Å². The Labute approximate surface area is 385 Å². The van der Waals surface area contributed by atoms with Crippen LogP contribution in [-0.2, 0) is 66.5 Å². The average molecular weight is 933 g/mol. The van der Waals surface area contributed by atoms with Gasteiger partial charge in [0.25, 0.3) is 0 Å². The number of rotatable bonds is 13. The molecule has 7 aliphatic heterocycles. The molecule has 7 rings (SSSR count). The van der Waals surface area contributed by atoms with E-state index < -0.39 is 102 Å². The first-order valence-corrected chi connectivity index (χ1v) is 24.1. The molecule has 376 valence electrons. The molecule has 7 heterocycles. The van der Waals surface area contributed by atoms with Gasteiger partial charge in [0.1, 0.15) is 24.7 Å². The zero-order chi connectivity index (χ0) is 47.6. The van der Waals surface area contributed by atoms with Gasteiger partial charge >= 0.3 is 5.97 Å². The number of quaternary nitrogens is 1. The van der Waals surface area contributed by atoms with Gasteiger partial charge in [-0.05, 0) is 59.3 Å². The highest BCUT2D eigenvalue weighted by Crippen LogP contribution is 2.55. The number of methoxy groups -OCH3 is 4. The number of hydrogen-bond donors (Lipinski definition) is 4. The highest BCUT2D eigenvalue weighted by molar-refractivity contribution is 5.69. The second-order valence-electron chi connectivity index (χ2n) is 21.4. The molecule has 18 nitrogen and oxygen atoms in total. The smallest absolute Gasteiger partial charge is 0.371 e. The van der Waals surface area contributed by atoms with Gasteiger partial charge in [0.15, 0.2) is 23.7 Å². The molecule has 65 heavy (non-hydrogen) atoms. The van der Waals surface area contributed by atoms with Crippen LogP contribution in [0.1, 0.15) is 120 Å². The van der Waals surface area contributed by atoms with Crippen LogP contribution in [0.5, 0.6) is 0 Å². The van der Waals surface area contributed by atoms with Crippen LogP contribution in [0.15, 0.2) is 0 Å². The van der Waals surface area contributed by atoms with E-state index in [0.717, 1.165) is 6.42 Å². The van der Waals surface area contributed by atoms with E-state index in [1.807, 2.05) is 27.7 Å². The molecule has 0 amide bonds. The van der Waals surface area contributed by atoms with Crippen molar-refractivity contribution in [3.63, 3.8) is 0 Å². The summed E-state index contributed by atoms with van der Waals surface area (Å²) in [6.07, 6.45) is -2.79. The summed E-state index contributed by atoms with van der Waals surface area (Å²) in [5, 5.41) is 34.8. The molecule has 0 aliphatic carbocycles. The molecule has 0 bridgehead atoms. The third-order valence-electron chi connectivity index (χ3n) is 16.9. The minimum absolute atomic E-state index is 0.0385. The van der Waals surface area contributed by atoms with Gasteiger partial charge in [-0.1, -0.05) is 34.6 Å². The Morgan fingerprint density at radius 2 is 1.48 bits per heavy atom. The van der Waals surface area contributed by atoms with Gasteiger partial charge in [0.05, 0.1) is 72.2 Å². The van der Waals surface area contributed by atoms with Gasteiger partial charge in [-0.2, -0.15) is 5.90 Å². The Hall–Kier alpha value is -1.17. The minimum atomic E-state index is -1.94. The molecule has 7 saturated heterocycles. The summed E-state index contributed by atoms with van der Waals surface area (Å²) in [5.41, 5.74) is -1.59. The van der Waals surface area contributed by atoms with Gasteiger partial charge in [0, 0.05) is 77.8 Å². The van der Waals surface area contributed by atoms with Crippen molar-refractivity contribution in [3.8, 4) is 0 Å². The number of aliphatic hydroxyl groups is 3.